The lowest BCUT2D eigenvalue weighted by Gasteiger charge is -2.15. The molecule has 4 heteroatoms. The Morgan fingerprint density at radius 2 is 2.07 bits per heavy atom. The van der Waals surface area contributed by atoms with E-state index in [1.807, 2.05) is 12.1 Å². The monoisotopic (exact) mass is 273 g/mol. The van der Waals surface area contributed by atoms with Gasteiger partial charge in [-0.05, 0) is 28.0 Å². The second kappa shape index (κ2) is 4.93. The summed E-state index contributed by atoms with van der Waals surface area (Å²) < 4.78 is 6.52. The Balaban J connectivity index is 2.35. The number of nitrogens with zero attached hydrogens (tertiary/aromatic N) is 1. The van der Waals surface area contributed by atoms with Crippen LogP contribution in [-0.2, 0) is 0 Å². The number of hydrogen-bond acceptors (Lipinski definition) is 2. The highest BCUT2D eigenvalue weighted by atomic mass is 79.9. The van der Waals surface area contributed by atoms with Crippen LogP contribution >= 0.6 is 15.9 Å². The second-order valence-corrected chi connectivity index (χ2v) is 11.0. The van der Waals surface area contributed by atoms with Crippen molar-refractivity contribution in [1.29, 1.82) is 0 Å². The third-order valence-electron chi connectivity index (χ3n) is 1.80. The summed E-state index contributed by atoms with van der Waals surface area (Å²) in [5, 5.41) is 0. The summed E-state index contributed by atoms with van der Waals surface area (Å²) in [5.74, 6) is 0.714. The molecule has 0 amide bonds. The molecule has 1 aromatic heterocycles. The molecule has 78 valence electrons. The predicted molar refractivity (Wildman–Crippen MR) is 65.6 cm³/mol. The van der Waals surface area contributed by atoms with Gasteiger partial charge in [0.05, 0.1) is 6.61 Å². The highest BCUT2D eigenvalue weighted by molar-refractivity contribution is 9.10. The molecule has 0 aliphatic rings. The zero-order valence-electron chi connectivity index (χ0n) is 8.88. The third kappa shape index (κ3) is 4.76. The van der Waals surface area contributed by atoms with E-state index in [1.54, 1.807) is 6.20 Å². The van der Waals surface area contributed by atoms with Crippen molar-refractivity contribution in [3.8, 4) is 5.88 Å². The van der Waals surface area contributed by atoms with Gasteiger partial charge in [-0.3, -0.25) is 0 Å². The lowest BCUT2D eigenvalue weighted by Crippen LogP contribution is -2.22. The lowest BCUT2D eigenvalue weighted by atomic mass is 10.5. The van der Waals surface area contributed by atoms with E-state index in [4.69, 9.17) is 4.74 Å². The summed E-state index contributed by atoms with van der Waals surface area (Å²) in [4.78, 5) is 4.14. The van der Waals surface area contributed by atoms with E-state index in [0.717, 1.165) is 11.1 Å². The smallest absolute Gasteiger partial charge is 0.213 e. The summed E-state index contributed by atoms with van der Waals surface area (Å²) in [6.07, 6.45) is 1.75. The van der Waals surface area contributed by atoms with Crippen molar-refractivity contribution in [2.75, 3.05) is 6.61 Å². The average Bonchev–Trinajstić information content (AvgIpc) is 2.06. The highest BCUT2D eigenvalue weighted by Crippen LogP contribution is 2.14. The van der Waals surface area contributed by atoms with E-state index in [-0.39, 0.29) is 0 Å². The predicted octanol–water partition coefficient (Wildman–Crippen LogP) is 3.56. The topological polar surface area (TPSA) is 22.1 Å². The van der Waals surface area contributed by atoms with Gasteiger partial charge in [-0.1, -0.05) is 19.6 Å². The molecule has 2 nitrogen and oxygen atoms in total. The molecule has 0 N–H and O–H groups in total. The van der Waals surface area contributed by atoms with Crippen molar-refractivity contribution >= 4 is 24.0 Å². The Bertz CT molecular complexity index is 281. The molecule has 0 bridgehead atoms. The molecular formula is C10H16BrNOSi. The molecule has 0 aliphatic carbocycles. The van der Waals surface area contributed by atoms with E-state index in [9.17, 15) is 0 Å². The van der Waals surface area contributed by atoms with Crippen LogP contribution in [0, 0.1) is 0 Å². The maximum atomic E-state index is 5.54. The molecule has 0 unspecified atom stereocenters. The molecule has 14 heavy (non-hydrogen) atoms. The first-order valence-electron chi connectivity index (χ1n) is 4.72. The van der Waals surface area contributed by atoms with E-state index in [2.05, 4.69) is 40.6 Å². The second-order valence-electron chi connectivity index (χ2n) is 4.47. The van der Waals surface area contributed by atoms with Crippen LogP contribution in [0.4, 0.5) is 0 Å². The van der Waals surface area contributed by atoms with Crippen LogP contribution in [0.5, 0.6) is 5.88 Å². The Hall–Kier alpha value is -0.353. The SMILES string of the molecule is C[Si](C)(C)CCOc1ccc(Br)cn1. The number of halogens is 1. The van der Waals surface area contributed by atoms with Gasteiger partial charge in [0.15, 0.2) is 0 Å². The fraction of sp³-hybridized carbons (Fsp3) is 0.500. The maximum absolute atomic E-state index is 5.54. The minimum atomic E-state index is -0.984. The van der Waals surface area contributed by atoms with Gasteiger partial charge in [0.2, 0.25) is 5.88 Å². The summed E-state index contributed by atoms with van der Waals surface area (Å²) in [7, 11) is -0.984. The Kier molecular flexibility index (Phi) is 4.13. The summed E-state index contributed by atoms with van der Waals surface area (Å²) >= 11 is 3.33. The number of pyridine rings is 1. The van der Waals surface area contributed by atoms with Crippen LogP contribution in [0.25, 0.3) is 0 Å². The Morgan fingerprint density at radius 1 is 1.36 bits per heavy atom. The largest absolute Gasteiger partial charge is 0.478 e. The van der Waals surface area contributed by atoms with Gasteiger partial charge in [0, 0.05) is 24.8 Å². The van der Waals surface area contributed by atoms with Gasteiger partial charge in [-0.15, -0.1) is 0 Å². The first-order chi connectivity index (χ1) is 6.47. The molecule has 0 aromatic carbocycles. The molecule has 0 radical (unpaired) electrons. The molecule has 1 rings (SSSR count). The van der Waals surface area contributed by atoms with E-state index < -0.39 is 8.07 Å². The number of hydrogen-bond donors (Lipinski definition) is 0. The fourth-order valence-corrected chi connectivity index (χ4v) is 1.86. The van der Waals surface area contributed by atoms with Crippen LogP contribution in [0.1, 0.15) is 0 Å². The number of rotatable bonds is 4. The van der Waals surface area contributed by atoms with E-state index >= 15 is 0 Å². The number of aromatic nitrogens is 1. The summed E-state index contributed by atoms with van der Waals surface area (Å²) in [6, 6.07) is 5.00. The minimum absolute atomic E-state index is 0.714. The average molecular weight is 274 g/mol. The van der Waals surface area contributed by atoms with Gasteiger partial charge < -0.3 is 4.74 Å². The normalized spacial score (nSPS) is 11.4. The van der Waals surface area contributed by atoms with Crippen molar-refractivity contribution < 1.29 is 4.74 Å². The minimum Gasteiger partial charge on any atom is -0.478 e. The Morgan fingerprint density at radius 3 is 2.57 bits per heavy atom. The Labute approximate surface area is 94.8 Å². The van der Waals surface area contributed by atoms with Gasteiger partial charge in [-0.2, -0.15) is 0 Å². The van der Waals surface area contributed by atoms with Crippen LogP contribution < -0.4 is 4.74 Å². The van der Waals surface area contributed by atoms with Crippen molar-refractivity contribution in [3.05, 3.63) is 22.8 Å². The van der Waals surface area contributed by atoms with Gasteiger partial charge >= 0.3 is 0 Å². The molecule has 1 heterocycles. The standard InChI is InChI=1S/C10H16BrNOSi/c1-14(2,3)7-6-13-10-5-4-9(11)8-12-10/h4-5,8H,6-7H2,1-3H3. The quantitative estimate of drug-likeness (QED) is 0.783. The van der Waals surface area contributed by atoms with Gasteiger partial charge in [0.1, 0.15) is 0 Å². The molecule has 0 fully saturated rings. The molecule has 0 saturated heterocycles. The van der Waals surface area contributed by atoms with Gasteiger partial charge in [-0.25, -0.2) is 4.98 Å². The van der Waals surface area contributed by atoms with Crippen molar-refractivity contribution in [1.82, 2.24) is 4.98 Å². The lowest BCUT2D eigenvalue weighted by molar-refractivity contribution is 0.325. The summed E-state index contributed by atoms with van der Waals surface area (Å²) in [6.45, 7) is 7.80. The molecular weight excluding hydrogens is 258 g/mol. The van der Waals surface area contributed by atoms with Crippen molar-refractivity contribution in [2.45, 2.75) is 25.7 Å². The molecule has 1 aromatic rings. The van der Waals surface area contributed by atoms with Crippen molar-refractivity contribution in [2.24, 2.45) is 0 Å². The molecule has 0 aliphatic heterocycles. The fourth-order valence-electron chi connectivity index (χ4n) is 0.909. The third-order valence-corrected chi connectivity index (χ3v) is 3.98. The maximum Gasteiger partial charge on any atom is 0.213 e. The van der Waals surface area contributed by atoms with Crippen molar-refractivity contribution in [3.63, 3.8) is 0 Å². The van der Waals surface area contributed by atoms with E-state index in [1.165, 1.54) is 6.04 Å². The molecule has 0 spiro atoms. The zero-order valence-corrected chi connectivity index (χ0v) is 11.5. The zero-order chi connectivity index (χ0) is 10.6. The number of ether oxygens (including phenoxy) is 1. The highest BCUT2D eigenvalue weighted by Gasteiger charge is 2.12. The van der Waals surface area contributed by atoms with Gasteiger partial charge in [0.25, 0.3) is 0 Å². The molecule has 0 saturated carbocycles. The van der Waals surface area contributed by atoms with E-state index in [0.29, 0.717) is 5.88 Å². The van der Waals surface area contributed by atoms with Crippen LogP contribution in [0.2, 0.25) is 25.7 Å². The van der Waals surface area contributed by atoms with Crippen LogP contribution in [0.3, 0.4) is 0 Å². The van der Waals surface area contributed by atoms with Crippen LogP contribution in [-0.4, -0.2) is 19.7 Å². The first kappa shape index (κ1) is 11.7. The molecule has 0 atom stereocenters. The van der Waals surface area contributed by atoms with Crippen LogP contribution in [0.15, 0.2) is 22.8 Å². The summed E-state index contributed by atoms with van der Waals surface area (Å²) in [5.41, 5.74) is 0. The first-order valence-corrected chi connectivity index (χ1v) is 9.22.